The van der Waals surface area contributed by atoms with Crippen LogP contribution in [0.2, 0.25) is 0 Å². The van der Waals surface area contributed by atoms with Crippen LogP contribution in [0.25, 0.3) is 0 Å². The van der Waals surface area contributed by atoms with E-state index in [1.807, 2.05) is 0 Å². The quantitative estimate of drug-likeness (QED) is 0.743. The Balaban J connectivity index is 2.06. The smallest absolute Gasteiger partial charge is 0.0715 e. The molecule has 0 heterocycles. The first-order valence-electron chi connectivity index (χ1n) is 7.45. The Morgan fingerprint density at radius 2 is 1.82 bits per heavy atom. The van der Waals surface area contributed by atoms with E-state index in [0.29, 0.717) is 6.54 Å². The molecule has 0 aromatic rings. The fourth-order valence-electron chi connectivity index (χ4n) is 4.01. The largest absolute Gasteiger partial charge is 0.389 e. The summed E-state index contributed by atoms with van der Waals surface area (Å²) in [4.78, 5) is 0. The van der Waals surface area contributed by atoms with Crippen LogP contribution in [0.1, 0.15) is 65.2 Å². The highest BCUT2D eigenvalue weighted by atomic mass is 16.3. The first-order valence-corrected chi connectivity index (χ1v) is 7.45. The van der Waals surface area contributed by atoms with Crippen LogP contribution in [-0.4, -0.2) is 17.3 Å². The van der Waals surface area contributed by atoms with Crippen LogP contribution < -0.4 is 5.73 Å². The third-order valence-electron chi connectivity index (χ3n) is 5.73. The normalized spacial score (nSPS) is 37.6. The Morgan fingerprint density at radius 3 is 2.29 bits per heavy atom. The second kappa shape index (κ2) is 4.89. The van der Waals surface area contributed by atoms with E-state index < -0.39 is 5.60 Å². The third kappa shape index (κ3) is 2.26. The molecule has 2 atom stereocenters. The van der Waals surface area contributed by atoms with Crippen molar-refractivity contribution in [2.45, 2.75) is 70.8 Å². The molecule has 2 heteroatoms. The highest BCUT2D eigenvalue weighted by molar-refractivity contribution is 5.05. The van der Waals surface area contributed by atoms with Crippen molar-refractivity contribution in [1.82, 2.24) is 0 Å². The van der Waals surface area contributed by atoms with Gasteiger partial charge in [0.25, 0.3) is 0 Å². The third-order valence-corrected chi connectivity index (χ3v) is 5.73. The van der Waals surface area contributed by atoms with Gasteiger partial charge in [-0.1, -0.05) is 33.1 Å². The molecule has 3 N–H and O–H groups in total. The van der Waals surface area contributed by atoms with Crippen molar-refractivity contribution in [2.24, 2.45) is 23.0 Å². The van der Waals surface area contributed by atoms with Gasteiger partial charge >= 0.3 is 0 Å². The average molecular weight is 239 g/mol. The van der Waals surface area contributed by atoms with Gasteiger partial charge in [0.1, 0.15) is 0 Å². The molecule has 100 valence electrons. The molecular weight excluding hydrogens is 210 g/mol. The van der Waals surface area contributed by atoms with Gasteiger partial charge in [-0.15, -0.1) is 0 Å². The van der Waals surface area contributed by atoms with Gasteiger partial charge in [-0.25, -0.2) is 0 Å². The van der Waals surface area contributed by atoms with Gasteiger partial charge in [0.05, 0.1) is 5.60 Å². The van der Waals surface area contributed by atoms with Gasteiger partial charge < -0.3 is 10.8 Å². The van der Waals surface area contributed by atoms with Gasteiger partial charge in [0.15, 0.2) is 0 Å². The van der Waals surface area contributed by atoms with Crippen molar-refractivity contribution >= 4 is 0 Å². The van der Waals surface area contributed by atoms with Crippen LogP contribution in [0.5, 0.6) is 0 Å². The standard InChI is InChI=1S/C15H29NO/c1-12(2)13-5-3-9-15(17,10-6-13)14(11-16)7-4-8-14/h12-13,17H,3-11,16H2,1-2H3. The minimum Gasteiger partial charge on any atom is -0.389 e. The summed E-state index contributed by atoms with van der Waals surface area (Å²) in [5.41, 5.74) is 5.58. The molecule has 0 bridgehead atoms. The number of aliphatic hydroxyl groups is 1. The van der Waals surface area contributed by atoms with Crippen LogP contribution in [-0.2, 0) is 0 Å². The van der Waals surface area contributed by atoms with Crippen LogP contribution in [0.4, 0.5) is 0 Å². The van der Waals surface area contributed by atoms with E-state index in [0.717, 1.165) is 37.5 Å². The van der Waals surface area contributed by atoms with Crippen molar-refractivity contribution < 1.29 is 5.11 Å². The molecule has 17 heavy (non-hydrogen) atoms. The van der Waals surface area contributed by atoms with Crippen molar-refractivity contribution in [3.63, 3.8) is 0 Å². The zero-order valence-electron chi connectivity index (χ0n) is 11.5. The minimum absolute atomic E-state index is 0.0683. The summed E-state index contributed by atoms with van der Waals surface area (Å²) in [5, 5.41) is 11.0. The van der Waals surface area contributed by atoms with Crippen molar-refractivity contribution in [3.05, 3.63) is 0 Å². The second-order valence-corrected chi connectivity index (χ2v) is 6.80. The van der Waals surface area contributed by atoms with E-state index in [1.54, 1.807) is 0 Å². The molecule has 0 aromatic heterocycles. The molecule has 2 saturated carbocycles. The second-order valence-electron chi connectivity index (χ2n) is 6.80. The number of rotatable bonds is 3. The molecule has 2 nitrogen and oxygen atoms in total. The lowest BCUT2D eigenvalue weighted by molar-refractivity contribution is -0.132. The van der Waals surface area contributed by atoms with E-state index >= 15 is 0 Å². The Labute approximate surface area is 106 Å². The molecular formula is C15H29NO. The number of hydrogen-bond acceptors (Lipinski definition) is 2. The minimum atomic E-state index is -0.455. The zero-order chi connectivity index (χ0) is 12.5. The molecule has 2 fully saturated rings. The summed E-state index contributed by atoms with van der Waals surface area (Å²) in [6.07, 6.45) is 9.17. The molecule has 2 aliphatic carbocycles. The lowest BCUT2D eigenvalue weighted by Gasteiger charge is -2.53. The van der Waals surface area contributed by atoms with Gasteiger partial charge in [-0.3, -0.25) is 0 Å². The predicted molar refractivity (Wildman–Crippen MR) is 71.7 cm³/mol. The maximum atomic E-state index is 11.0. The van der Waals surface area contributed by atoms with Gasteiger partial charge in [-0.2, -0.15) is 0 Å². The van der Waals surface area contributed by atoms with Gasteiger partial charge in [-0.05, 0) is 43.9 Å². The van der Waals surface area contributed by atoms with Crippen LogP contribution in [0.3, 0.4) is 0 Å². The van der Waals surface area contributed by atoms with Gasteiger partial charge in [0, 0.05) is 12.0 Å². The first kappa shape index (κ1) is 13.4. The number of nitrogens with two attached hydrogens (primary N) is 1. The lowest BCUT2D eigenvalue weighted by Crippen LogP contribution is -2.56. The highest BCUT2D eigenvalue weighted by Gasteiger charge is 2.52. The zero-order valence-corrected chi connectivity index (χ0v) is 11.5. The van der Waals surface area contributed by atoms with Crippen LogP contribution in [0.15, 0.2) is 0 Å². The van der Waals surface area contributed by atoms with Gasteiger partial charge in [0.2, 0.25) is 0 Å². The van der Waals surface area contributed by atoms with Crippen LogP contribution in [0, 0.1) is 17.3 Å². The Kier molecular flexibility index (Phi) is 3.84. The van der Waals surface area contributed by atoms with Crippen molar-refractivity contribution in [3.8, 4) is 0 Å². The Hall–Kier alpha value is -0.0800. The fourth-order valence-corrected chi connectivity index (χ4v) is 4.01. The molecule has 0 radical (unpaired) electrons. The van der Waals surface area contributed by atoms with Crippen molar-refractivity contribution in [2.75, 3.05) is 6.54 Å². The first-order chi connectivity index (χ1) is 8.03. The average Bonchev–Trinajstić information content (AvgIpc) is 2.40. The summed E-state index contributed by atoms with van der Waals surface area (Å²) < 4.78 is 0. The summed E-state index contributed by atoms with van der Waals surface area (Å²) >= 11 is 0. The Morgan fingerprint density at radius 1 is 1.12 bits per heavy atom. The maximum absolute atomic E-state index is 11.0. The van der Waals surface area contributed by atoms with E-state index in [-0.39, 0.29) is 5.41 Å². The predicted octanol–water partition coefficient (Wildman–Crippen LogP) is 3.08. The maximum Gasteiger partial charge on any atom is 0.0715 e. The Bertz CT molecular complexity index is 254. The molecule has 2 rings (SSSR count). The van der Waals surface area contributed by atoms with E-state index in [4.69, 9.17) is 5.73 Å². The molecule has 2 unspecified atom stereocenters. The summed E-state index contributed by atoms with van der Waals surface area (Å²) in [6, 6.07) is 0. The summed E-state index contributed by atoms with van der Waals surface area (Å²) in [6.45, 7) is 5.31. The van der Waals surface area contributed by atoms with E-state index in [9.17, 15) is 5.11 Å². The highest BCUT2D eigenvalue weighted by Crippen LogP contribution is 2.54. The lowest BCUT2D eigenvalue weighted by atomic mass is 9.56. The molecule has 0 spiro atoms. The van der Waals surface area contributed by atoms with E-state index in [2.05, 4.69) is 13.8 Å². The summed E-state index contributed by atoms with van der Waals surface area (Å²) in [5.74, 6) is 1.56. The molecule has 0 saturated heterocycles. The van der Waals surface area contributed by atoms with E-state index in [1.165, 1.54) is 25.7 Å². The van der Waals surface area contributed by atoms with Crippen molar-refractivity contribution in [1.29, 1.82) is 0 Å². The SMILES string of the molecule is CC(C)C1CCCC(O)(C2(CN)CCC2)CC1. The molecule has 0 aromatic carbocycles. The molecule has 2 aliphatic rings. The fraction of sp³-hybridized carbons (Fsp3) is 1.00. The topological polar surface area (TPSA) is 46.2 Å². The molecule has 0 amide bonds. The number of hydrogen-bond donors (Lipinski definition) is 2. The monoisotopic (exact) mass is 239 g/mol. The summed E-state index contributed by atoms with van der Waals surface area (Å²) in [7, 11) is 0. The molecule has 0 aliphatic heterocycles. The van der Waals surface area contributed by atoms with Crippen LogP contribution >= 0.6 is 0 Å².